The van der Waals surface area contributed by atoms with Crippen LogP contribution in [0.2, 0.25) is 0 Å². The van der Waals surface area contributed by atoms with Crippen LogP contribution < -0.4 is 5.43 Å². The maximum absolute atomic E-state index is 12.3. The number of rotatable bonds is 2. The van der Waals surface area contributed by atoms with Crippen LogP contribution in [0, 0.1) is 0 Å². The zero-order chi connectivity index (χ0) is 13.5. The van der Waals surface area contributed by atoms with E-state index in [1.54, 1.807) is 12.3 Å². The minimum atomic E-state index is 0.0452. The summed E-state index contributed by atoms with van der Waals surface area (Å²) in [5, 5.41) is 0.707. The van der Waals surface area contributed by atoms with Gasteiger partial charge in [-0.2, -0.15) is 0 Å². The maximum Gasteiger partial charge on any atom is 0.191 e. The highest BCUT2D eigenvalue weighted by molar-refractivity contribution is 5.79. The lowest BCUT2D eigenvalue weighted by molar-refractivity contribution is 0.765. The molecule has 3 aromatic rings. The summed E-state index contributed by atoms with van der Waals surface area (Å²) in [5.41, 5.74) is 2.90. The van der Waals surface area contributed by atoms with E-state index >= 15 is 0 Å². The van der Waals surface area contributed by atoms with E-state index in [-0.39, 0.29) is 5.43 Å². The first-order valence-corrected chi connectivity index (χ1v) is 6.90. The molecule has 0 saturated heterocycles. The van der Waals surface area contributed by atoms with Crippen LogP contribution in [-0.4, -0.2) is 9.55 Å². The molecule has 98 valence electrons. The number of hydrogen-bond acceptors (Lipinski definition) is 2. The molecule has 20 heavy (non-hydrogen) atoms. The molecule has 0 N–H and O–H groups in total. The molecule has 0 unspecified atom stereocenters. The van der Waals surface area contributed by atoms with Crippen molar-refractivity contribution in [3.8, 4) is 11.3 Å². The first-order valence-electron chi connectivity index (χ1n) is 6.90. The monoisotopic (exact) mass is 262 g/mol. The number of fused-ring (bicyclic) bond motifs is 1. The Hall–Kier alpha value is -2.42. The first kappa shape index (κ1) is 11.4. The Labute approximate surface area is 116 Å². The van der Waals surface area contributed by atoms with Crippen LogP contribution >= 0.6 is 0 Å². The minimum Gasteiger partial charge on any atom is -0.322 e. The van der Waals surface area contributed by atoms with Crippen LogP contribution in [0.15, 0.2) is 59.5 Å². The minimum absolute atomic E-state index is 0.0452. The van der Waals surface area contributed by atoms with E-state index in [2.05, 4.69) is 9.55 Å². The third-order valence-electron chi connectivity index (χ3n) is 3.79. The molecule has 3 heteroatoms. The second-order valence-corrected chi connectivity index (χ2v) is 5.24. The van der Waals surface area contributed by atoms with Crippen molar-refractivity contribution < 1.29 is 0 Å². The lowest BCUT2D eigenvalue weighted by Gasteiger charge is -2.15. The van der Waals surface area contributed by atoms with Gasteiger partial charge in [-0.25, -0.2) is 4.98 Å². The molecule has 2 heterocycles. The summed E-state index contributed by atoms with van der Waals surface area (Å²) in [7, 11) is 0. The Balaban J connectivity index is 2.11. The molecule has 0 spiro atoms. The molecule has 1 saturated carbocycles. The SMILES string of the molecule is O=c1cc(-c2ccccc2)n(C2CC2)c2ncccc12. The van der Waals surface area contributed by atoms with E-state index in [1.165, 1.54) is 0 Å². The van der Waals surface area contributed by atoms with E-state index in [0.29, 0.717) is 11.4 Å². The molecule has 0 aliphatic heterocycles. The van der Waals surface area contributed by atoms with Crippen LogP contribution in [-0.2, 0) is 0 Å². The lowest BCUT2D eigenvalue weighted by Crippen LogP contribution is -2.12. The second kappa shape index (κ2) is 4.30. The number of nitrogens with zero attached hydrogens (tertiary/aromatic N) is 2. The fourth-order valence-corrected chi connectivity index (χ4v) is 2.70. The van der Waals surface area contributed by atoms with Gasteiger partial charge in [-0.3, -0.25) is 4.79 Å². The average Bonchev–Trinajstić information content (AvgIpc) is 3.33. The Morgan fingerprint density at radius 3 is 2.60 bits per heavy atom. The third kappa shape index (κ3) is 1.74. The van der Waals surface area contributed by atoms with Crippen LogP contribution in [0.3, 0.4) is 0 Å². The van der Waals surface area contributed by atoms with Crippen LogP contribution in [0.5, 0.6) is 0 Å². The molecule has 4 rings (SSSR count). The number of hydrogen-bond donors (Lipinski definition) is 0. The van der Waals surface area contributed by atoms with Crippen molar-refractivity contribution in [1.82, 2.24) is 9.55 Å². The van der Waals surface area contributed by atoms with Gasteiger partial charge in [-0.1, -0.05) is 30.3 Å². The Morgan fingerprint density at radius 2 is 1.85 bits per heavy atom. The van der Waals surface area contributed by atoms with Gasteiger partial charge in [0, 0.05) is 18.3 Å². The van der Waals surface area contributed by atoms with Gasteiger partial charge in [-0.05, 0) is 30.5 Å². The van der Waals surface area contributed by atoms with Crippen molar-refractivity contribution in [3.05, 3.63) is 65.0 Å². The average molecular weight is 262 g/mol. The van der Waals surface area contributed by atoms with Gasteiger partial charge in [0.15, 0.2) is 5.43 Å². The quantitative estimate of drug-likeness (QED) is 0.709. The lowest BCUT2D eigenvalue weighted by atomic mass is 10.1. The smallest absolute Gasteiger partial charge is 0.191 e. The highest BCUT2D eigenvalue weighted by Gasteiger charge is 2.27. The van der Waals surface area contributed by atoms with Gasteiger partial charge < -0.3 is 4.57 Å². The van der Waals surface area contributed by atoms with Crippen molar-refractivity contribution in [2.24, 2.45) is 0 Å². The van der Waals surface area contributed by atoms with E-state index in [0.717, 1.165) is 29.7 Å². The van der Waals surface area contributed by atoms with Gasteiger partial charge in [-0.15, -0.1) is 0 Å². The van der Waals surface area contributed by atoms with Gasteiger partial charge in [0.2, 0.25) is 0 Å². The molecular weight excluding hydrogens is 248 g/mol. The molecule has 0 amide bonds. The van der Waals surface area contributed by atoms with E-state index in [4.69, 9.17) is 0 Å². The summed E-state index contributed by atoms with van der Waals surface area (Å²) in [6, 6.07) is 16.0. The maximum atomic E-state index is 12.3. The highest BCUT2D eigenvalue weighted by atomic mass is 16.1. The van der Waals surface area contributed by atoms with Crippen molar-refractivity contribution in [2.45, 2.75) is 18.9 Å². The van der Waals surface area contributed by atoms with E-state index < -0.39 is 0 Å². The highest BCUT2D eigenvalue weighted by Crippen LogP contribution is 2.39. The van der Waals surface area contributed by atoms with E-state index in [9.17, 15) is 4.79 Å². The normalized spacial score (nSPS) is 14.6. The van der Waals surface area contributed by atoms with Crippen molar-refractivity contribution in [2.75, 3.05) is 0 Å². The molecule has 0 atom stereocenters. The topological polar surface area (TPSA) is 34.9 Å². The molecule has 1 aromatic carbocycles. The number of benzene rings is 1. The van der Waals surface area contributed by atoms with Crippen LogP contribution in [0.1, 0.15) is 18.9 Å². The summed E-state index contributed by atoms with van der Waals surface area (Å²) >= 11 is 0. The summed E-state index contributed by atoms with van der Waals surface area (Å²) in [6.45, 7) is 0. The van der Waals surface area contributed by atoms with Crippen LogP contribution in [0.4, 0.5) is 0 Å². The van der Waals surface area contributed by atoms with Gasteiger partial charge in [0.05, 0.1) is 11.1 Å². The van der Waals surface area contributed by atoms with Crippen molar-refractivity contribution >= 4 is 11.0 Å². The second-order valence-electron chi connectivity index (χ2n) is 5.24. The summed E-state index contributed by atoms with van der Waals surface area (Å²) in [5.74, 6) is 0. The van der Waals surface area contributed by atoms with Crippen molar-refractivity contribution in [1.29, 1.82) is 0 Å². The van der Waals surface area contributed by atoms with Gasteiger partial charge >= 0.3 is 0 Å². The largest absolute Gasteiger partial charge is 0.322 e. The first-order chi connectivity index (χ1) is 9.84. The van der Waals surface area contributed by atoms with Crippen LogP contribution in [0.25, 0.3) is 22.3 Å². The molecule has 1 aliphatic carbocycles. The Morgan fingerprint density at radius 1 is 1.05 bits per heavy atom. The standard InChI is InChI=1S/C17H14N2O/c20-16-11-15(12-5-2-1-3-6-12)19(13-8-9-13)17-14(16)7-4-10-18-17/h1-7,10-11,13H,8-9H2. The van der Waals surface area contributed by atoms with Crippen molar-refractivity contribution in [3.63, 3.8) is 0 Å². The molecule has 3 nitrogen and oxygen atoms in total. The third-order valence-corrected chi connectivity index (χ3v) is 3.79. The predicted molar refractivity (Wildman–Crippen MR) is 79.7 cm³/mol. The molecule has 0 bridgehead atoms. The summed E-state index contributed by atoms with van der Waals surface area (Å²) < 4.78 is 2.23. The fourth-order valence-electron chi connectivity index (χ4n) is 2.70. The van der Waals surface area contributed by atoms with Gasteiger partial charge in [0.1, 0.15) is 5.65 Å². The Kier molecular flexibility index (Phi) is 2.46. The fraction of sp³-hybridized carbons (Fsp3) is 0.176. The molecule has 2 aromatic heterocycles. The predicted octanol–water partition coefficient (Wildman–Crippen LogP) is 3.40. The molecule has 0 radical (unpaired) electrons. The Bertz CT molecular complexity index is 832. The zero-order valence-corrected chi connectivity index (χ0v) is 11.0. The number of aromatic nitrogens is 2. The van der Waals surface area contributed by atoms with Gasteiger partial charge in [0.25, 0.3) is 0 Å². The zero-order valence-electron chi connectivity index (χ0n) is 11.0. The molecular formula is C17H14N2O. The summed E-state index contributed by atoms with van der Waals surface area (Å²) in [4.78, 5) is 16.8. The number of pyridine rings is 2. The molecule has 1 aliphatic rings. The molecule has 1 fully saturated rings. The summed E-state index contributed by atoms with van der Waals surface area (Å²) in [6.07, 6.45) is 4.08. The van der Waals surface area contributed by atoms with E-state index in [1.807, 2.05) is 42.5 Å².